The summed E-state index contributed by atoms with van der Waals surface area (Å²) >= 11 is 0. The zero-order valence-electron chi connectivity index (χ0n) is 10.4. The molecule has 0 spiro atoms. The zero-order valence-corrected chi connectivity index (χ0v) is 10.4. The van der Waals surface area contributed by atoms with Crippen LogP contribution in [0.2, 0.25) is 0 Å². The lowest BCUT2D eigenvalue weighted by molar-refractivity contribution is -0.155. The molecule has 0 fully saturated rings. The lowest BCUT2D eigenvalue weighted by Crippen LogP contribution is -2.35. The Morgan fingerprint density at radius 1 is 1.41 bits per heavy atom. The summed E-state index contributed by atoms with van der Waals surface area (Å²) in [6, 6.07) is 0. The lowest BCUT2D eigenvalue weighted by Gasteiger charge is -2.19. The number of aromatic nitrogens is 2. The molecule has 0 aliphatic rings. The molecule has 0 aliphatic carbocycles. The standard InChI is InChI=1S/C11H16N2O4/c1-7-5-13(10(16)12-9(7)15)6-8(14)17-11(2,3)4/h5H,6H2,1-4H3,(H,12,15,16). The second-order valence-electron chi connectivity index (χ2n) is 4.79. The Bertz CT molecular complexity index is 534. The second kappa shape index (κ2) is 4.57. The van der Waals surface area contributed by atoms with Crippen molar-refractivity contribution in [2.24, 2.45) is 0 Å². The van der Waals surface area contributed by atoms with Crippen molar-refractivity contribution in [2.45, 2.75) is 39.8 Å². The van der Waals surface area contributed by atoms with Crippen LogP contribution < -0.4 is 11.2 Å². The third-order valence-electron chi connectivity index (χ3n) is 1.91. The highest BCUT2D eigenvalue weighted by Crippen LogP contribution is 2.07. The van der Waals surface area contributed by atoms with Crippen LogP contribution in [0.4, 0.5) is 0 Å². The summed E-state index contributed by atoms with van der Waals surface area (Å²) < 4.78 is 6.19. The van der Waals surface area contributed by atoms with E-state index in [0.717, 1.165) is 4.57 Å². The van der Waals surface area contributed by atoms with Gasteiger partial charge < -0.3 is 4.74 Å². The van der Waals surface area contributed by atoms with Gasteiger partial charge in [0.2, 0.25) is 0 Å². The first kappa shape index (κ1) is 13.2. The van der Waals surface area contributed by atoms with Crippen molar-refractivity contribution in [3.05, 3.63) is 32.6 Å². The molecule has 0 amide bonds. The Labute approximate surface area is 98.2 Å². The van der Waals surface area contributed by atoms with Gasteiger partial charge in [-0.3, -0.25) is 19.1 Å². The Balaban J connectivity index is 2.90. The molecule has 6 nitrogen and oxygen atoms in total. The third kappa shape index (κ3) is 3.90. The fourth-order valence-electron chi connectivity index (χ4n) is 1.25. The fraction of sp³-hybridized carbons (Fsp3) is 0.545. The highest BCUT2D eigenvalue weighted by atomic mass is 16.6. The highest BCUT2D eigenvalue weighted by Gasteiger charge is 2.17. The number of ether oxygens (including phenoxy) is 1. The summed E-state index contributed by atoms with van der Waals surface area (Å²) in [5.74, 6) is -0.522. The molecule has 0 saturated carbocycles. The minimum absolute atomic E-state index is 0.215. The van der Waals surface area contributed by atoms with Crippen LogP contribution in [-0.4, -0.2) is 21.1 Å². The topological polar surface area (TPSA) is 81.2 Å². The molecule has 17 heavy (non-hydrogen) atoms. The van der Waals surface area contributed by atoms with Gasteiger partial charge in [-0.1, -0.05) is 0 Å². The van der Waals surface area contributed by atoms with Crippen LogP contribution in [0.15, 0.2) is 15.8 Å². The van der Waals surface area contributed by atoms with Gasteiger partial charge >= 0.3 is 11.7 Å². The first-order valence-corrected chi connectivity index (χ1v) is 5.21. The van der Waals surface area contributed by atoms with E-state index >= 15 is 0 Å². The van der Waals surface area contributed by atoms with Crippen LogP contribution >= 0.6 is 0 Å². The Hall–Kier alpha value is -1.85. The molecule has 0 aromatic carbocycles. The number of esters is 1. The summed E-state index contributed by atoms with van der Waals surface area (Å²) in [7, 11) is 0. The number of carbonyl (C=O) groups excluding carboxylic acids is 1. The Kier molecular flexibility index (Phi) is 3.55. The molecule has 0 bridgehead atoms. The minimum atomic E-state index is -0.619. The van der Waals surface area contributed by atoms with Crippen LogP contribution in [-0.2, 0) is 16.1 Å². The van der Waals surface area contributed by atoms with E-state index in [-0.39, 0.29) is 6.54 Å². The molecule has 1 heterocycles. The molecule has 1 rings (SSSR count). The Morgan fingerprint density at radius 2 is 2.00 bits per heavy atom. The largest absolute Gasteiger partial charge is 0.459 e. The molecular weight excluding hydrogens is 224 g/mol. The number of nitrogens with one attached hydrogen (secondary N) is 1. The number of hydrogen-bond donors (Lipinski definition) is 1. The average Bonchev–Trinajstić information content (AvgIpc) is 2.11. The smallest absolute Gasteiger partial charge is 0.328 e. The maximum Gasteiger partial charge on any atom is 0.328 e. The van der Waals surface area contributed by atoms with Crippen LogP contribution in [0.3, 0.4) is 0 Å². The third-order valence-corrected chi connectivity index (χ3v) is 1.91. The number of nitrogens with zero attached hydrogens (tertiary/aromatic N) is 1. The van der Waals surface area contributed by atoms with Gasteiger partial charge in [-0.2, -0.15) is 0 Å². The molecule has 0 atom stereocenters. The molecule has 1 N–H and O–H groups in total. The molecule has 0 unspecified atom stereocenters. The highest BCUT2D eigenvalue weighted by molar-refractivity contribution is 5.69. The van der Waals surface area contributed by atoms with Gasteiger partial charge in [-0.05, 0) is 27.7 Å². The van der Waals surface area contributed by atoms with Gasteiger partial charge in [0.05, 0.1) is 0 Å². The summed E-state index contributed by atoms with van der Waals surface area (Å²) in [5.41, 5.74) is -1.30. The van der Waals surface area contributed by atoms with Crippen LogP contribution in [0.25, 0.3) is 0 Å². The fourth-order valence-corrected chi connectivity index (χ4v) is 1.25. The van der Waals surface area contributed by atoms with E-state index in [1.165, 1.54) is 6.20 Å². The molecule has 1 aromatic rings. The van der Waals surface area contributed by atoms with E-state index < -0.39 is 22.8 Å². The first-order chi connectivity index (χ1) is 7.69. The van der Waals surface area contributed by atoms with Gasteiger partial charge in [-0.15, -0.1) is 0 Å². The Morgan fingerprint density at radius 3 is 2.53 bits per heavy atom. The van der Waals surface area contributed by atoms with Crippen LogP contribution in [0.1, 0.15) is 26.3 Å². The van der Waals surface area contributed by atoms with E-state index in [4.69, 9.17) is 4.74 Å². The number of H-pyrrole nitrogens is 1. The quantitative estimate of drug-likeness (QED) is 0.748. The zero-order chi connectivity index (χ0) is 13.2. The monoisotopic (exact) mass is 240 g/mol. The van der Waals surface area contributed by atoms with Crippen molar-refractivity contribution in [3.8, 4) is 0 Å². The summed E-state index contributed by atoms with van der Waals surface area (Å²) in [6.45, 7) is 6.57. The molecule has 0 saturated heterocycles. The van der Waals surface area contributed by atoms with Gasteiger partial charge in [0.15, 0.2) is 0 Å². The predicted octanol–water partition coefficient (Wildman–Crippen LogP) is 0.187. The number of aromatic amines is 1. The van der Waals surface area contributed by atoms with Gasteiger partial charge in [0.1, 0.15) is 12.1 Å². The van der Waals surface area contributed by atoms with Crippen molar-refractivity contribution in [1.29, 1.82) is 0 Å². The molecular formula is C11H16N2O4. The second-order valence-corrected chi connectivity index (χ2v) is 4.79. The number of carbonyl (C=O) groups is 1. The van der Waals surface area contributed by atoms with Crippen molar-refractivity contribution >= 4 is 5.97 Å². The SMILES string of the molecule is Cc1cn(CC(=O)OC(C)(C)C)c(=O)[nH]c1=O. The summed E-state index contributed by atoms with van der Waals surface area (Å²) in [6.07, 6.45) is 1.34. The van der Waals surface area contributed by atoms with Crippen molar-refractivity contribution in [3.63, 3.8) is 0 Å². The maximum atomic E-state index is 11.5. The van der Waals surface area contributed by atoms with Crippen molar-refractivity contribution < 1.29 is 9.53 Å². The number of aryl methyl sites for hydroxylation is 1. The van der Waals surface area contributed by atoms with Crippen LogP contribution in [0.5, 0.6) is 0 Å². The van der Waals surface area contributed by atoms with E-state index in [1.807, 2.05) is 0 Å². The van der Waals surface area contributed by atoms with Gasteiger partial charge in [0.25, 0.3) is 5.56 Å². The normalized spacial score (nSPS) is 11.3. The number of hydrogen-bond acceptors (Lipinski definition) is 4. The van der Waals surface area contributed by atoms with E-state index in [2.05, 4.69) is 4.98 Å². The van der Waals surface area contributed by atoms with Crippen molar-refractivity contribution in [1.82, 2.24) is 9.55 Å². The van der Waals surface area contributed by atoms with Gasteiger partial charge in [0, 0.05) is 11.8 Å². The lowest BCUT2D eigenvalue weighted by atomic mass is 10.2. The van der Waals surface area contributed by atoms with E-state index in [9.17, 15) is 14.4 Å². The molecule has 94 valence electrons. The van der Waals surface area contributed by atoms with E-state index in [1.54, 1.807) is 27.7 Å². The number of rotatable bonds is 2. The van der Waals surface area contributed by atoms with Gasteiger partial charge in [-0.25, -0.2) is 4.79 Å². The summed E-state index contributed by atoms with van der Waals surface area (Å²) in [5, 5.41) is 0. The van der Waals surface area contributed by atoms with Crippen LogP contribution in [0, 0.1) is 6.92 Å². The molecule has 0 radical (unpaired) electrons. The molecule has 1 aromatic heterocycles. The van der Waals surface area contributed by atoms with Crippen molar-refractivity contribution in [2.75, 3.05) is 0 Å². The maximum absolute atomic E-state index is 11.5. The molecule has 0 aliphatic heterocycles. The minimum Gasteiger partial charge on any atom is -0.459 e. The average molecular weight is 240 g/mol. The molecule has 6 heteroatoms. The predicted molar refractivity (Wildman–Crippen MR) is 61.9 cm³/mol. The first-order valence-electron chi connectivity index (χ1n) is 5.21. The van der Waals surface area contributed by atoms with E-state index in [0.29, 0.717) is 5.56 Å². The summed E-state index contributed by atoms with van der Waals surface area (Å²) in [4.78, 5) is 36.1.